The Morgan fingerprint density at radius 2 is 1.16 bits per heavy atom. The van der Waals surface area contributed by atoms with Gasteiger partial charge in [-0.05, 0) is 55.3 Å². The molecule has 0 bridgehead atoms. The van der Waals surface area contributed by atoms with Gasteiger partial charge in [-0.1, -0.05) is 109 Å². The highest BCUT2D eigenvalue weighted by atomic mass is 16.3. The molecule has 5 aromatic carbocycles. The van der Waals surface area contributed by atoms with Gasteiger partial charge in [-0.25, -0.2) is 0 Å². The highest BCUT2D eigenvalue weighted by Gasteiger charge is 2.31. The normalized spacial score (nSPS) is 12.7. The van der Waals surface area contributed by atoms with Crippen molar-refractivity contribution in [3.05, 3.63) is 131 Å². The molecular formula is C30H22O. The fraction of sp³-hybridized carbons (Fsp3) is 0.0667. The molecule has 6 rings (SSSR count). The van der Waals surface area contributed by atoms with Crippen molar-refractivity contribution in [2.75, 3.05) is 0 Å². The predicted octanol–water partition coefficient (Wildman–Crippen LogP) is 7.16. The summed E-state index contributed by atoms with van der Waals surface area (Å²) in [6.07, 6.45) is 0. The molecule has 0 radical (unpaired) electrons. The van der Waals surface area contributed by atoms with E-state index in [2.05, 4.69) is 97.1 Å². The third kappa shape index (κ3) is 2.82. The summed E-state index contributed by atoms with van der Waals surface area (Å²) < 4.78 is 0. The second-order valence-corrected chi connectivity index (χ2v) is 8.21. The predicted molar refractivity (Wildman–Crippen MR) is 128 cm³/mol. The average molecular weight is 399 g/mol. The SMILES string of the molecule is OCc1ccc(-c2c(C3c4ccccc4-c4ccccc43)ccc3ccccc23)cc1. The van der Waals surface area contributed by atoms with Gasteiger partial charge in [0.15, 0.2) is 0 Å². The van der Waals surface area contributed by atoms with Crippen LogP contribution in [0.2, 0.25) is 0 Å². The highest BCUT2D eigenvalue weighted by molar-refractivity contribution is 5.99. The molecule has 0 heterocycles. The Bertz CT molecular complexity index is 1370. The molecule has 0 atom stereocenters. The van der Waals surface area contributed by atoms with Crippen LogP contribution in [-0.2, 0) is 6.61 Å². The van der Waals surface area contributed by atoms with E-state index in [1.165, 1.54) is 49.7 Å². The summed E-state index contributed by atoms with van der Waals surface area (Å²) in [5, 5.41) is 12.0. The van der Waals surface area contributed by atoms with Crippen molar-refractivity contribution in [1.29, 1.82) is 0 Å². The van der Waals surface area contributed by atoms with Gasteiger partial charge in [0.1, 0.15) is 0 Å². The summed E-state index contributed by atoms with van der Waals surface area (Å²) in [4.78, 5) is 0. The molecule has 0 fully saturated rings. The standard InChI is InChI=1S/C30H22O/c31-19-20-13-15-22(16-14-20)29-23-8-2-1-7-21(23)17-18-28(29)30-26-11-5-3-9-24(26)25-10-4-6-12-27(25)30/h1-18,30-31H,19H2. The van der Waals surface area contributed by atoms with Gasteiger partial charge in [0.05, 0.1) is 6.61 Å². The van der Waals surface area contributed by atoms with E-state index >= 15 is 0 Å². The summed E-state index contributed by atoms with van der Waals surface area (Å²) in [5.74, 6) is 0.199. The zero-order valence-corrected chi connectivity index (χ0v) is 17.1. The van der Waals surface area contributed by atoms with E-state index < -0.39 is 0 Å². The number of hydrogen-bond acceptors (Lipinski definition) is 1. The summed E-state index contributed by atoms with van der Waals surface area (Å²) >= 11 is 0. The zero-order chi connectivity index (χ0) is 20.8. The Morgan fingerprint density at radius 3 is 1.84 bits per heavy atom. The third-order valence-corrected chi connectivity index (χ3v) is 6.53. The maximum atomic E-state index is 9.52. The summed E-state index contributed by atoms with van der Waals surface area (Å²) in [5.41, 5.74) is 10.1. The van der Waals surface area contributed by atoms with Crippen LogP contribution in [0.3, 0.4) is 0 Å². The number of rotatable bonds is 3. The summed E-state index contributed by atoms with van der Waals surface area (Å²) in [6.45, 7) is 0.0616. The first-order valence-corrected chi connectivity index (χ1v) is 10.7. The van der Waals surface area contributed by atoms with E-state index in [9.17, 15) is 5.11 Å². The Labute approximate surface area is 182 Å². The lowest BCUT2D eigenvalue weighted by molar-refractivity contribution is 0.282. The maximum absolute atomic E-state index is 9.52. The van der Waals surface area contributed by atoms with Gasteiger partial charge >= 0.3 is 0 Å². The number of fused-ring (bicyclic) bond motifs is 4. The lowest BCUT2D eigenvalue weighted by atomic mass is 9.82. The molecule has 148 valence electrons. The average Bonchev–Trinajstić information content (AvgIpc) is 3.18. The van der Waals surface area contributed by atoms with Crippen LogP contribution < -0.4 is 0 Å². The quantitative estimate of drug-likeness (QED) is 0.335. The molecule has 1 aliphatic rings. The second-order valence-electron chi connectivity index (χ2n) is 8.21. The molecule has 5 aromatic rings. The first-order chi connectivity index (χ1) is 15.3. The van der Waals surface area contributed by atoms with Crippen molar-refractivity contribution in [1.82, 2.24) is 0 Å². The van der Waals surface area contributed by atoms with Crippen LogP contribution in [0.25, 0.3) is 33.0 Å². The number of benzene rings is 5. The maximum Gasteiger partial charge on any atom is 0.0681 e. The Hall–Kier alpha value is -3.68. The number of aliphatic hydroxyl groups excluding tert-OH is 1. The van der Waals surface area contributed by atoms with Gasteiger partial charge in [0.25, 0.3) is 0 Å². The van der Waals surface area contributed by atoms with Gasteiger partial charge in [0.2, 0.25) is 0 Å². The van der Waals surface area contributed by atoms with Crippen LogP contribution in [0.15, 0.2) is 109 Å². The second kappa shape index (κ2) is 7.23. The topological polar surface area (TPSA) is 20.2 Å². The van der Waals surface area contributed by atoms with Crippen LogP contribution in [0.1, 0.15) is 28.2 Å². The smallest absolute Gasteiger partial charge is 0.0681 e. The minimum atomic E-state index is 0.0616. The lowest BCUT2D eigenvalue weighted by Crippen LogP contribution is -2.02. The number of hydrogen-bond donors (Lipinski definition) is 1. The van der Waals surface area contributed by atoms with Gasteiger partial charge in [-0.3, -0.25) is 0 Å². The largest absolute Gasteiger partial charge is 0.392 e. The van der Waals surface area contributed by atoms with Gasteiger partial charge in [-0.15, -0.1) is 0 Å². The molecule has 31 heavy (non-hydrogen) atoms. The molecule has 0 aromatic heterocycles. The van der Waals surface area contributed by atoms with Crippen LogP contribution in [0.4, 0.5) is 0 Å². The molecule has 0 aliphatic heterocycles. The molecular weight excluding hydrogens is 376 g/mol. The Kier molecular flexibility index (Phi) is 4.22. The minimum absolute atomic E-state index is 0.0616. The molecule has 0 saturated heterocycles. The first-order valence-electron chi connectivity index (χ1n) is 10.7. The molecule has 0 saturated carbocycles. The number of aliphatic hydroxyl groups is 1. The van der Waals surface area contributed by atoms with Crippen molar-refractivity contribution >= 4 is 10.8 Å². The van der Waals surface area contributed by atoms with Crippen LogP contribution in [0.5, 0.6) is 0 Å². The molecule has 1 aliphatic carbocycles. The monoisotopic (exact) mass is 398 g/mol. The molecule has 0 unspecified atom stereocenters. The molecule has 1 nitrogen and oxygen atoms in total. The molecule has 1 N–H and O–H groups in total. The van der Waals surface area contributed by atoms with E-state index in [0.717, 1.165) is 5.56 Å². The van der Waals surface area contributed by atoms with Crippen LogP contribution >= 0.6 is 0 Å². The van der Waals surface area contributed by atoms with Gasteiger partial charge < -0.3 is 5.11 Å². The highest BCUT2D eigenvalue weighted by Crippen LogP contribution is 2.50. The van der Waals surface area contributed by atoms with Crippen LogP contribution in [-0.4, -0.2) is 5.11 Å². The van der Waals surface area contributed by atoms with Crippen molar-refractivity contribution in [3.63, 3.8) is 0 Å². The molecule has 1 heteroatoms. The van der Waals surface area contributed by atoms with E-state index in [1.54, 1.807) is 0 Å². The summed E-state index contributed by atoms with van der Waals surface area (Å²) in [6, 6.07) is 39.1. The molecule has 0 spiro atoms. The van der Waals surface area contributed by atoms with E-state index in [-0.39, 0.29) is 12.5 Å². The fourth-order valence-electron chi connectivity index (χ4n) is 5.12. The molecule has 0 amide bonds. The summed E-state index contributed by atoms with van der Waals surface area (Å²) in [7, 11) is 0. The lowest BCUT2D eigenvalue weighted by Gasteiger charge is -2.21. The van der Waals surface area contributed by atoms with Crippen molar-refractivity contribution in [2.45, 2.75) is 12.5 Å². The van der Waals surface area contributed by atoms with Gasteiger partial charge in [0, 0.05) is 5.92 Å². The fourth-order valence-corrected chi connectivity index (χ4v) is 5.12. The van der Waals surface area contributed by atoms with E-state index in [4.69, 9.17) is 0 Å². The third-order valence-electron chi connectivity index (χ3n) is 6.53. The minimum Gasteiger partial charge on any atom is -0.392 e. The van der Waals surface area contributed by atoms with E-state index in [1.807, 2.05) is 12.1 Å². The van der Waals surface area contributed by atoms with Crippen LogP contribution in [0, 0.1) is 0 Å². The Morgan fingerprint density at radius 1 is 0.548 bits per heavy atom. The Balaban J connectivity index is 1.67. The zero-order valence-electron chi connectivity index (χ0n) is 17.1. The van der Waals surface area contributed by atoms with E-state index in [0.29, 0.717) is 0 Å². The van der Waals surface area contributed by atoms with Crippen molar-refractivity contribution in [2.24, 2.45) is 0 Å². The van der Waals surface area contributed by atoms with Crippen molar-refractivity contribution in [3.8, 4) is 22.3 Å². The van der Waals surface area contributed by atoms with Gasteiger partial charge in [-0.2, -0.15) is 0 Å². The first kappa shape index (κ1) is 18.1. The van der Waals surface area contributed by atoms with Crippen molar-refractivity contribution < 1.29 is 5.11 Å².